The van der Waals surface area contributed by atoms with Gasteiger partial charge in [0.15, 0.2) is 0 Å². The topological polar surface area (TPSA) is 48.5 Å². The van der Waals surface area contributed by atoms with E-state index in [1.807, 2.05) is 0 Å². The average Bonchev–Trinajstić information content (AvgIpc) is 2.40. The number of halogens is 1. The van der Waals surface area contributed by atoms with Crippen molar-refractivity contribution in [2.24, 2.45) is 0 Å². The standard InChI is InChI=1S/C13H19BrN4O/c1-17-6-7-18(2)10(9-17)8-16-13(19)11-4-3-5-15-12(11)14/h3-5,10H,6-9H2,1-2H3,(H,16,19). The van der Waals surface area contributed by atoms with Crippen molar-refractivity contribution in [3.8, 4) is 0 Å². The van der Waals surface area contributed by atoms with Crippen LogP contribution in [0, 0.1) is 0 Å². The summed E-state index contributed by atoms with van der Waals surface area (Å²) < 4.78 is 0.585. The Morgan fingerprint density at radius 2 is 2.32 bits per heavy atom. The maximum absolute atomic E-state index is 12.1. The van der Waals surface area contributed by atoms with E-state index in [0.717, 1.165) is 19.6 Å². The van der Waals surface area contributed by atoms with Crippen LogP contribution in [0.2, 0.25) is 0 Å². The van der Waals surface area contributed by atoms with E-state index in [9.17, 15) is 4.79 Å². The first kappa shape index (κ1) is 14.4. The van der Waals surface area contributed by atoms with E-state index in [-0.39, 0.29) is 5.91 Å². The third-order valence-electron chi connectivity index (χ3n) is 3.48. The third-order valence-corrected chi connectivity index (χ3v) is 4.11. The van der Waals surface area contributed by atoms with Crippen LogP contribution in [-0.2, 0) is 0 Å². The molecule has 1 aliphatic heterocycles. The SMILES string of the molecule is CN1CCN(C)C(CNC(=O)c2cccnc2Br)C1. The van der Waals surface area contributed by atoms with E-state index >= 15 is 0 Å². The molecule has 1 atom stereocenters. The van der Waals surface area contributed by atoms with Crippen molar-refractivity contribution < 1.29 is 4.79 Å². The predicted octanol–water partition coefficient (Wildman–Crippen LogP) is 0.820. The molecule has 104 valence electrons. The lowest BCUT2D eigenvalue weighted by Crippen LogP contribution is -2.54. The average molecular weight is 327 g/mol. The Morgan fingerprint density at radius 1 is 1.53 bits per heavy atom. The number of piperazine rings is 1. The minimum absolute atomic E-state index is 0.0819. The molecule has 0 radical (unpaired) electrons. The summed E-state index contributed by atoms with van der Waals surface area (Å²) in [6.07, 6.45) is 1.66. The highest BCUT2D eigenvalue weighted by molar-refractivity contribution is 9.10. The summed E-state index contributed by atoms with van der Waals surface area (Å²) in [5.41, 5.74) is 0.578. The van der Waals surface area contributed by atoms with Crippen LogP contribution in [0.3, 0.4) is 0 Å². The number of carbonyl (C=O) groups is 1. The smallest absolute Gasteiger partial charge is 0.254 e. The first-order valence-corrected chi connectivity index (χ1v) is 7.14. The number of nitrogens with zero attached hydrogens (tertiary/aromatic N) is 3. The molecule has 2 heterocycles. The molecule has 1 N–H and O–H groups in total. The molecule has 2 rings (SSSR count). The Hall–Kier alpha value is -0.980. The largest absolute Gasteiger partial charge is 0.350 e. The molecule has 0 saturated carbocycles. The van der Waals surface area contributed by atoms with Crippen LogP contribution in [0.4, 0.5) is 0 Å². The number of aromatic nitrogens is 1. The summed E-state index contributed by atoms with van der Waals surface area (Å²) in [7, 11) is 4.21. The quantitative estimate of drug-likeness (QED) is 0.835. The summed E-state index contributed by atoms with van der Waals surface area (Å²) >= 11 is 3.29. The summed E-state index contributed by atoms with van der Waals surface area (Å²) in [5.74, 6) is -0.0819. The van der Waals surface area contributed by atoms with Crippen LogP contribution in [0.15, 0.2) is 22.9 Å². The Bertz CT molecular complexity index is 454. The van der Waals surface area contributed by atoms with E-state index in [1.54, 1.807) is 18.3 Å². The minimum atomic E-state index is -0.0819. The number of amides is 1. The number of hydrogen-bond donors (Lipinski definition) is 1. The van der Waals surface area contributed by atoms with Crippen LogP contribution >= 0.6 is 15.9 Å². The lowest BCUT2D eigenvalue weighted by Gasteiger charge is -2.37. The van der Waals surface area contributed by atoms with E-state index in [0.29, 0.717) is 22.8 Å². The van der Waals surface area contributed by atoms with Gasteiger partial charge in [-0.3, -0.25) is 9.69 Å². The van der Waals surface area contributed by atoms with Crippen LogP contribution in [0.25, 0.3) is 0 Å². The first-order valence-electron chi connectivity index (χ1n) is 6.35. The molecule has 0 spiro atoms. The van der Waals surface area contributed by atoms with Crippen LogP contribution in [0.5, 0.6) is 0 Å². The number of rotatable bonds is 3. The molecule has 1 aromatic rings. The highest BCUT2D eigenvalue weighted by Crippen LogP contribution is 2.12. The van der Waals surface area contributed by atoms with Crippen molar-refractivity contribution in [1.29, 1.82) is 0 Å². The van der Waals surface area contributed by atoms with Gasteiger partial charge in [-0.1, -0.05) is 0 Å². The molecule has 1 aromatic heterocycles. The second-order valence-corrected chi connectivity index (χ2v) is 5.70. The summed E-state index contributed by atoms with van der Waals surface area (Å²) in [6, 6.07) is 3.89. The molecule has 1 amide bonds. The first-order chi connectivity index (χ1) is 9.08. The number of carbonyl (C=O) groups excluding carboxylic acids is 1. The van der Waals surface area contributed by atoms with Crippen LogP contribution < -0.4 is 5.32 Å². The fourth-order valence-electron chi connectivity index (χ4n) is 2.18. The summed E-state index contributed by atoms with van der Waals surface area (Å²) in [5, 5.41) is 2.98. The molecule has 1 aliphatic rings. The Balaban J connectivity index is 1.91. The van der Waals surface area contributed by atoms with Crippen molar-refractivity contribution in [2.45, 2.75) is 6.04 Å². The van der Waals surface area contributed by atoms with Crippen molar-refractivity contribution in [2.75, 3.05) is 40.3 Å². The van der Waals surface area contributed by atoms with Crippen LogP contribution in [0.1, 0.15) is 10.4 Å². The molecule has 0 bridgehead atoms. The normalized spacial score (nSPS) is 21.3. The molecule has 1 fully saturated rings. The van der Waals surface area contributed by atoms with Gasteiger partial charge in [0, 0.05) is 38.4 Å². The second kappa shape index (κ2) is 6.45. The predicted molar refractivity (Wildman–Crippen MR) is 78.2 cm³/mol. The Kier molecular flexibility index (Phi) is 4.90. The maximum atomic E-state index is 12.1. The minimum Gasteiger partial charge on any atom is -0.350 e. The van der Waals surface area contributed by atoms with E-state index < -0.39 is 0 Å². The fourth-order valence-corrected chi connectivity index (χ4v) is 2.61. The van der Waals surface area contributed by atoms with Gasteiger partial charge in [-0.2, -0.15) is 0 Å². The van der Waals surface area contributed by atoms with Gasteiger partial charge in [-0.25, -0.2) is 4.98 Å². The molecule has 5 nitrogen and oxygen atoms in total. The number of nitrogens with one attached hydrogen (secondary N) is 1. The zero-order valence-electron chi connectivity index (χ0n) is 11.3. The molecule has 1 unspecified atom stereocenters. The van der Waals surface area contributed by atoms with Gasteiger partial charge < -0.3 is 10.2 Å². The molecule has 1 saturated heterocycles. The van der Waals surface area contributed by atoms with Gasteiger partial charge in [0.1, 0.15) is 4.60 Å². The molecule has 0 aliphatic carbocycles. The van der Waals surface area contributed by atoms with Crippen LogP contribution in [-0.4, -0.2) is 67.0 Å². The summed E-state index contributed by atoms with van der Waals surface area (Å²) in [4.78, 5) is 20.7. The zero-order chi connectivity index (χ0) is 13.8. The van der Waals surface area contributed by atoms with Crippen molar-refractivity contribution in [1.82, 2.24) is 20.1 Å². The Morgan fingerprint density at radius 3 is 3.05 bits per heavy atom. The van der Waals surface area contributed by atoms with Gasteiger partial charge in [-0.15, -0.1) is 0 Å². The van der Waals surface area contributed by atoms with Gasteiger partial charge >= 0.3 is 0 Å². The van der Waals surface area contributed by atoms with E-state index in [1.165, 1.54) is 0 Å². The summed E-state index contributed by atoms with van der Waals surface area (Å²) in [6.45, 7) is 3.74. The lowest BCUT2D eigenvalue weighted by molar-refractivity contribution is 0.0880. The van der Waals surface area contributed by atoms with Gasteiger partial charge in [0.05, 0.1) is 5.56 Å². The number of pyridine rings is 1. The third kappa shape index (κ3) is 3.75. The number of hydrogen-bond acceptors (Lipinski definition) is 4. The molecular formula is C13H19BrN4O. The Labute approximate surface area is 122 Å². The molecule has 0 aromatic carbocycles. The van der Waals surface area contributed by atoms with Crippen molar-refractivity contribution in [3.63, 3.8) is 0 Å². The molecule has 6 heteroatoms. The van der Waals surface area contributed by atoms with Gasteiger partial charge in [0.25, 0.3) is 5.91 Å². The van der Waals surface area contributed by atoms with Crippen molar-refractivity contribution in [3.05, 3.63) is 28.5 Å². The highest BCUT2D eigenvalue weighted by atomic mass is 79.9. The van der Waals surface area contributed by atoms with Crippen molar-refractivity contribution >= 4 is 21.8 Å². The van der Waals surface area contributed by atoms with E-state index in [2.05, 4.69) is 50.1 Å². The molecular weight excluding hydrogens is 308 g/mol. The maximum Gasteiger partial charge on any atom is 0.254 e. The highest BCUT2D eigenvalue weighted by Gasteiger charge is 2.22. The second-order valence-electron chi connectivity index (χ2n) is 4.95. The van der Waals surface area contributed by atoms with Gasteiger partial charge in [0.2, 0.25) is 0 Å². The molecule has 19 heavy (non-hydrogen) atoms. The zero-order valence-corrected chi connectivity index (χ0v) is 12.9. The number of likely N-dealkylation sites (N-methyl/N-ethyl adjacent to an activating group) is 2. The fraction of sp³-hybridized carbons (Fsp3) is 0.538. The lowest BCUT2D eigenvalue weighted by atomic mass is 10.2. The van der Waals surface area contributed by atoms with E-state index in [4.69, 9.17) is 0 Å². The van der Waals surface area contributed by atoms with Gasteiger partial charge in [-0.05, 0) is 42.2 Å². The monoisotopic (exact) mass is 326 g/mol.